The Labute approximate surface area is 186 Å². The topological polar surface area (TPSA) is 93.7 Å². The Kier molecular flexibility index (Phi) is 7.59. The second-order valence-corrected chi connectivity index (χ2v) is 7.12. The number of allylic oxidation sites excluding steroid dienone is 2. The fraction of sp³-hybridized carbons (Fsp3) is 0.160. The lowest BCUT2D eigenvalue weighted by molar-refractivity contribution is -0.135. The van der Waals surface area contributed by atoms with Crippen molar-refractivity contribution < 1.29 is 23.9 Å². The highest BCUT2D eigenvalue weighted by atomic mass is 16.5. The van der Waals surface area contributed by atoms with Crippen LogP contribution in [-0.4, -0.2) is 24.5 Å². The number of benzene rings is 2. The van der Waals surface area contributed by atoms with Crippen molar-refractivity contribution in [1.29, 1.82) is 0 Å². The molecule has 7 heteroatoms. The van der Waals surface area contributed by atoms with Crippen molar-refractivity contribution in [2.75, 3.05) is 6.61 Å². The van der Waals surface area contributed by atoms with Gasteiger partial charge in [-0.2, -0.15) is 0 Å². The first-order valence-electron chi connectivity index (χ1n) is 10.0. The molecule has 0 aliphatic carbocycles. The predicted octanol–water partition coefficient (Wildman–Crippen LogP) is 3.47. The average molecular weight is 432 g/mol. The third kappa shape index (κ3) is 6.18. The molecule has 1 aliphatic heterocycles. The van der Waals surface area contributed by atoms with E-state index in [9.17, 15) is 14.4 Å². The molecular weight excluding hydrogens is 408 g/mol. The maximum atomic E-state index is 12.1. The van der Waals surface area contributed by atoms with Crippen LogP contribution in [0, 0.1) is 5.92 Å². The van der Waals surface area contributed by atoms with Crippen molar-refractivity contribution in [2.24, 2.45) is 5.92 Å². The summed E-state index contributed by atoms with van der Waals surface area (Å²) < 4.78 is 11.8. The summed E-state index contributed by atoms with van der Waals surface area (Å²) in [5.41, 5.74) is 2.48. The molecule has 1 heterocycles. The number of barbiturate groups is 1. The number of nitrogens with one attached hydrogen (secondary N) is 2. The highest BCUT2D eigenvalue weighted by Crippen LogP contribution is 2.26. The van der Waals surface area contributed by atoms with Crippen LogP contribution < -0.4 is 20.1 Å². The Morgan fingerprint density at radius 2 is 1.56 bits per heavy atom. The number of hydrogen-bond acceptors (Lipinski definition) is 5. The largest absolute Gasteiger partial charge is 0.489 e. The van der Waals surface area contributed by atoms with Crippen LogP contribution in [0.4, 0.5) is 4.79 Å². The molecule has 1 saturated heterocycles. The molecule has 3 rings (SSSR count). The molecule has 1 fully saturated rings. The van der Waals surface area contributed by atoms with E-state index in [4.69, 9.17) is 9.47 Å². The van der Waals surface area contributed by atoms with Crippen molar-refractivity contribution in [3.63, 3.8) is 0 Å². The quantitative estimate of drug-likeness (QED) is 0.443. The predicted molar refractivity (Wildman–Crippen MR) is 120 cm³/mol. The Balaban J connectivity index is 1.81. The minimum Gasteiger partial charge on any atom is -0.489 e. The SMILES string of the molecule is C=C/C=C(\C=C)COc1cc(CC2C(=O)NC(=O)NC2=O)cc(OCc2ccccc2)c1. The third-order valence-corrected chi connectivity index (χ3v) is 4.73. The zero-order valence-corrected chi connectivity index (χ0v) is 17.5. The minimum atomic E-state index is -1.03. The first kappa shape index (κ1) is 22.6. The van der Waals surface area contributed by atoms with Gasteiger partial charge in [-0.3, -0.25) is 20.2 Å². The Bertz CT molecular complexity index is 1040. The summed E-state index contributed by atoms with van der Waals surface area (Å²) in [6, 6.07) is 14.1. The summed E-state index contributed by atoms with van der Waals surface area (Å²) in [4.78, 5) is 35.6. The molecule has 32 heavy (non-hydrogen) atoms. The third-order valence-electron chi connectivity index (χ3n) is 4.73. The second kappa shape index (κ2) is 10.8. The van der Waals surface area contributed by atoms with Gasteiger partial charge in [0.2, 0.25) is 11.8 Å². The first-order chi connectivity index (χ1) is 15.5. The van der Waals surface area contributed by atoms with Gasteiger partial charge >= 0.3 is 6.03 Å². The van der Waals surface area contributed by atoms with E-state index in [0.29, 0.717) is 23.7 Å². The molecule has 0 bridgehead atoms. The fourth-order valence-corrected chi connectivity index (χ4v) is 3.12. The highest BCUT2D eigenvalue weighted by Gasteiger charge is 2.34. The molecule has 0 radical (unpaired) electrons. The van der Waals surface area contributed by atoms with E-state index < -0.39 is 23.8 Å². The zero-order chi connectivity index (χ0) is 22.9. The summed E-state index contributed by atoms with van der Waals surface area (Å²) in [6.45, 7) is 8.03. The van der Waals surface area contributed by atoms with Crippen molar-refractivity contribution in [3.8, 4) is 11.5 Å². The number of hydrogen-bond donors (Lipinski definition) is 2. The maximum Gasteiger partial charge on any atom is 0.328 e. The summed E-state index contributed by atoms with van der Waals surface area (Å²) in [6.07, 6.45) is 5.19. The number of imide groups is 2. The number of carbonyl (C=O) groups is 3. The van der Waals surface area contributed by atoms with Gasteiger partial charge in [-0.25, -0.2) is 4.79 Å². The summed E-state index contributed by atoms with van der Waals surface area (Å²) in [5, 5.41) is 4.23. The lowest BCUT2D eigenvalue weighted by atomic mass is 9.96. The van der Waals surface area contributed by atoms with Crippen molar-refractivity contribution in [1.82, 2.24) is 10.6 Å². The molecule has 0 aromatic heterocycles. The molecule has 0 unspecified atom stereocenters. The van der Waals surface area contributed by atoms with E-state index in [-0.39, 0.29) is 13.0 Å². The van der Waals surface area contributed by atoms with Crippen LogP contribution in [0.5, 0.6) is 11.5 Å². The van der Waals surface area contributed by atoms with Crippen LogP contribution in [0.15, 0.2) is 85.5 Å². The molecule has 0 spiro atoms. The van der Waals surface area contributed by atoms with Crippen LogP contribution in [0.3, 0.4) is 0 Å². The normalized spacial score (nSPS) is 14.4. The summed E-state index contributed by atoms with van der Waals surface area (Å²) in [5.74, 6) is -1.27. The van der Waals surface area contributed by atoms with Crippen LogP contribution in [-0.2, 0) is 22.6 Å². The Morgan fingerprint density at radius 3 is 2.19 bits per heavy atom. The average Bonchev–Trinajstić information content (AvgIpc) is 2.78. The maximum absolute atomic E-state index is 12.1. The fourth-order valence-electron chi connectivity index (χ4n) is 3.12. The molecule has 0 saturated carbocycles. The van der Waals surface area contributed by atoms with E-state index in [1.54, 1.807) is 36.4 Å². The number of ether oxygens (including phenoxy) is 2. The van der Waals surface area contributed by atoms with E-state index in [1.807, 2.05) is 30.3 Å². The van der Waals surface area contributed by atoms with Gasteiger partial charge in [0, 0.05) is 6.07 Å². The van der Waals surface area contributed by atoms with E-state index >= 15 is 0 Å². The molecule has 1 aliphatic rings. The highest BCUT2D eigenvalue weighted by molar-refractivity contribution is 6.16. The summed E-state index contributed by atoms with van der Waals surface area (Å²) in [7, 11) is 0. The molecule has 0 atom stereocenters. The van der Waals surface area contributed by atoms with Gasteiger partial charge in [0.05, 0.1) is 0 Å². The smallest absolute Gasteiger partial charge is 0.328 e. The van der Waals surface area contributed by atoms with Crippen molar-refractivity contribution >= 4 is 17.8 Å². The Morgan fingerprint density at radius 1 is 0.906 bits per heavy atom. The lowest BCUT2D eigenvalue weighted by Gasteiger charge is -2.21. The van der Waals surface area contributed by atoms with Crippen molar-refractivity contribution in [3.05, 3.63) is 96.6 Å². The number of amides is 4. The van der Waals surface area contributed by atoms with E-state index in [0.717, 1.165) is 11.1 Å². The molecule has 2 N–H and O–H groups in total. The first-order valence-corrected chi connectivity index (χ1v) is 10.0. The zero-order valence-electron chi connectivity index (χ0n) is 17.5. The van der Waals surface area contributed by atoms with Gasteiger partial charge in [-0.15, -0.1) is 0 Å². The molecule has 2 aromatic carbocycles. The van der Waals surface area contributed by atoms with Gasteiger partial charge in [-0.05, 0) is 35.3 Å². The number of rotatable bonds is 10. The number of urea groups is 1. The van der Waals surface area contributed by atoms with Crippen molar-refractivity contribution in [2.45, 2.75) is 13.0 Å². The second-order valence-electron chi connectivity index (χ2n) is 7.12. The van der Waals surface area contributed by atoms with Gasteiger partial charge in [0.1, 0.15) is 30.6 Å². The standard InChI is InChI=1S/C25H24N2O5/c1-3-8-17(4-2)15-31-20-11-19(13-22-23(28)26-25(30)27-24(22)29)12-21(14-20)32-16-18-9-6-5-7-10-18/h3-12,14,22H,1-2,13,15-16H2,(H2,26,27,28,29,30)/b17-8+. The molecule has 4 amide bonds. The monoisotopic (exact) mass is 432 g/mol. The van der Waals surface area contributed by atoms with Crippen LogP contribution in [0.1, 0.15) is 11.1 Å². The molecule has 2 aromatic rings. The summed E-state index contributed by atoms with van der Waals surface area (Å²) >= 11 is 0. The van der Waals surface area contributed by atoms with Gasteiger partial charge in [0.15, 0.2) is 0 Å². The minimum absolute atomic E-state index is 0.0840. The van der Waals surface area contributed by atoms with Crippen LogP contribution >= 0.6 is 0 Å². The van der Waals surface area contributed by atoms with E-state index in [2.05, 4.69) is 23.8 Å². The molecule has 7 nitrogen and oxygen atoms in total. The van der Waals surface area contributed by atoms with Gasteiger partial charge in [-0.1, -0.05) is 61.7 Å². The lowest BCUT2D eigenvalue weighted by Crippen LogP contribution is -2.56. The van der Waals surface area contributed by atoms with Gasteiger partial charge in [0.25, 0.3) is 0 Å². The van der Waals surface area contributed by atoms with Gasteiger partial charge < -0.3 is 9.47 Å². The molecule has 164 valence electrons. The van der Waals surface area contributed by atoms with E-state index in [1.165, 1.54) is 0 Å². The van der Waals surface area contributed by atoms with Crippen LogP contribution in [0.2, 0.25) is 0 Å². The molecular formula is C25H24N2O5. The van der Waals surface area contributed by atoms with Crippen LogP contribution in [0.25, 0.3) is 0 Å². The Hall–Kier alpha value is -4.13. The number of carbonyl (C=O) groups excluding carboxylic acids is 3.